The number of rotatable bonds is 3. The van der Waals surface area contributed by atoms with Crippen molar-refractivity contribution >= 4 is 5.91 Å². The van der Waals surface area contributed by atoms with Gasteiger partial charge in [0, 0.05) is 11.1 Å². The van der Waals surface area contributed by atoms with Gasteiger partial charge >= 0.3 is 0 Å². The van der Waals surface area contributed by atoms with Crippen LogP contribution < -0.4 is 5.48 Å². The Balaban J connectivity index is 2.20. The molecular formula is C17H14N2O4. The molecule has 0 saturated carbocycles. The molecule has 3 N–H and O–H groups in total. The summed E-state index contributed by atoms with van der Waals surface area (Å²) in [4.78, 5) is 11.8. The zero-order chi connectivity index (χ0) is 16.4. The molecule has 23 heavy (non-hydrogen) atoms. The second kappa shape index (κ2) is 5.94. The van der Waals surface area contributed by atoms with E-state index in [0.717, 1.165) is 5.56 Å². The van der Waals surface area contributed by atoms with Crippen molar-refractivity contribution in [2.24, 2.45) is 0 Å². The van der Waals surface area contributed by atoms with Crippen LogP contribution in [-0.4, -0.2) is 21.4 Å². The molecule has 116 valence electrons. The van der Waals surface area contributed by atoms with Crippen LogP contribution in [0.2, 0.25) is 0 Å². The van der Waals surface area contributed by atoms with Crippen LogP contribution in [0, 0.1) is 6.92 Å². The van der Waals surface area contributed by atoms with E-state index in [1.54, 1.807) is 47.9 Å². The van der Waals surface area contributed by atoms with Crippen LogP contribution in [0.15, 0.2) is 53.2 Å². The van der Waals surface area contributed by atoms with Gasteiger partial charge in [-0.25, -0.2) is 5.48 Å². The number of phenols is 1. The largest absolute Gasteiger partial charge is 0.507 e. The van der Waals surface area contributed by atoms with Gasteiger partial charge in [-0.1, -0.05) is 35.0 Å². The number of hydrogen-bond acceptors (Lipinski definition) is 5. The number of benzene rings is 2. The molecule has 0 unspecified atom stereocenters. The predicted octanol–water partition coefficient (Wildman–Crippen LogP) is 3.14. The van der Waals surface area contributed by atoms with E-state index in [4.69, 9.17) is 9.73 Å². The molecule has 0 saturated heterocycles. The Hall–Kier alpha value is -3.12. The highest BCUT2D eigenvalue weighted by Crippen LogP contribution is 2.38. The van der Waals surface area contributed by atoms with E-state index in [9.17, 15) is 9.90 Å². The van der Waals surface area contributed by atoms with E-state index >= 15 is 0 Å². The Bertz CT molecular complexity index is 871. The summed E-state index contributed by atoms with van der Waals surface area (Å²) in [6.07, 6.45) is 1.47. The molecule has 0 radical (unpaired) electrons. The Morgan fingerprint density at radius 3 is 2.70 bits per heavy atom. The fraction of sp³-hybridized carbons (Fsp3) is 0.0588. The Labute approximate surface area is 131 Å². The maximum Gasteiger partial charge on any atom is 0.275 e. The summed E-state index contributed by atoms with van der Waals surface area (Å²) >= 11 is 0. The number of amides is 1. The maximum absolute atomic E-state index is 11.8. The van der Waals surface area contributed by atoms with Crippen molar-refractivity contribution in [1.29, 1.82) is 0 Å². The molecule has 1 amide bonds. The standard InChI is InChI=1S/C17H14N2O4/c1-10-6-7-15(20)13(8-10)16-14(9-18-23-16)11-4-2-3-5-12(11)17(21)19-22/h2-9,20,22H,1H3,(H,19,21). The average molecular weight is 310 g/mol. The van der Waals surface area contributed by atoms with Crippen LogP contribution in [0.4, 0.5) is 0 Å². The lowest BCUT2D eigenvalue weighted by atomic mass is 9.96. The normalized spacial score (nSPS) is 10.5. The SMILES string of the molecule is Cc1ccc(O)c(-c2oncc2-c2ccccc2C(=O)NO)c1. The third-order valence-electron chi connectivity index (χ3n) is 3.53. The van der Waals surface area contributed by atoms with E-state index in [0.29, 0.717) is 22.5 Å². The molecule has 0 aliphatic heterocycles. The second-order valence-corrected chi connectivity index (χ2v) is 5.08. The van der Waals surface area contributed by atoms with Crippen molar-refractivity contribution < 1.29 is 19.6 Å². The summed E-state index contributed by atoms with van der Waals surface area (Å²) < 4.78 is 5.31. The topological polar surface area (TPSA) is 95.6 Å². The molecule has 0 aliphatic carbocycles. The van der Waals surface area contributed by atoms with Crippen molar-refractivity contribution in [1.82, 2.24) is 10.6 Å². The highest BCUT2D eigenvalue weighted by molar-refractivity contribution is 6.01. The Kier molecular flexibility index (Phi) is 3.82. The first-order chi connectivity index (χ1) is 11.1. The number of carbonyl (C=O) groups is 1. The summed E-state index contributed by atoms with van der Waals surface area (Å²) in [5, 5.41) is 22.8. The van der Waals surface area contributed by atoms with Crippen molar-refractivity contribution in [2.75, 3.05) is 0 Å². The van der Waals surface area contributed by atoms with Gasteiger partial charge in [0.05, 0.1) is 17.3 Å². The summed E-state index contributed by atoms with van der Waals surface area (Å²) in [6, 6.07) is 11.9. The van der Waals surface area contributed by atoms with Crippen LogP contribution in [-0.2, 0) is 0 Å². The van der Waals surface area contributed by atoms with E-state index in [-0.39, 0.29) is 11.3 Å². The zero-order valence-electron chi connectivity index (χ0n) is 12.3. The summed E-state index contributed by atoms with van der Waals surface area (Å²) in [7, 11) is 0. The van der Waals surface area contributed by atoms with Gasteiger partial charge in [-0.05, 0) is 25.1 Å². The average Bonchev–Trinajstić information content (AvgIpc) is 3.05. The molecule has 0 bridgehead atoms. The third kappa shape index (κ3) is 2.67. The number of hydroxylamine groups is 1. The van der Waals surface area contributed by atoms with E-state index < -0.39 is 5.91 Å². The molecule has 3 rings (SSSR count). The Morgan fingerprint density at radius 2 is 1.91 bits per heavy atom. The molecular weight excluding hydrogens is 296 g/mol. The molecule has 2 aromatic carbocycles. The summed E-state index contributed by atoms with van der Waals surface area (Å²) in [5.41, 5.74) is 4.41. The number of carbonyl (C=O) groups excluding carboxylic acids is 1. The third-order valence-corrected chi connectivity index (χ3v) is 3.53. The minimum Gasteiger partial charge on any atom is -0.507 e. The number of hydrogen-bond donors (Lipinski definition) is 3. The number of aromatic nitrogens is 1. The van der Waals surface area contributed by atoms with Gasteiger partial charge in [-0.15, -0.1) is 0 Å². The van der Waals surface area contributed by atoms with Gasteiger partial charge < -0.3 is 9.63 Å². The molecule has 1 aromatic heterocycles. The second-order valence-electron chi connectivity index (χ2n) is 5.08. The van der Waals surface area contributed by atoms with Gasteiger partial charge in [-0.2, -0.15) is 0 Å². The molecule has 6 heteroatoms. The van der Waals surface area contributed by atoms with E-state index in [1.807, 2.05) is 6.92 Å². The van der Waals surface area contributed by atoms with Crippen molar-refractivity contribution in [2.45, 2.75) is 6.92 Å². The van der Waals surface area contributed by atoms with Crippen LogP contribution >= 0.6 is 0 Å². The van der Waals surface area contributed by atoms with Gasteiger partial charge in [0.2, 0.25) is 0 Å². The van der Waals surface area contributed by atoms with Crippen LogP contribution in [0.25, 0.3) is 22.5 Å². The minimum absolute atomic E-state index is 0.0534. The fourth-order valence-electron chi connectivity index (χ4n) is 2.43. The smallest absolute Gasteiger partial charge is 0.275 e. The van der Waals surface area contributed by atoms with Crippen LogP contribution in [0.1, 0.15) is 15.9 Å². The highest BCUT2D eigenvalue weighted by atomic mass is 16.5. The fourth-order valence-corrected chi connectivity index (χ4v) is 2.43. The monoisotopic (exact) mass is 310 g/mol. The lowest BCUT2D eigenvalue weighted by molar-refractivity contribution is 0.0707. The first kappa shape index (κ1) is 14.8. The van der Waals surface area contributed by atoms with Crippen molar-refractivity contribution in [3.63, 3.8) is 0 Å². The quantitative estimate of drug-likeness (QED) is 0.510. The molecule has 0 spiro atoms. The van der Waals surface area contributed by atoms with Gasteiger partial charge in [0.1, 0.15) is 5.75 Å². The summed E-state index contributed by atoms with van der Waals surface area (Å²) in [6.45, 7) is 1.89. The minimum atomic E-state index is -0.638. The highest BCUT2D eigenvalue weighted by Gasteiger charge is 2.20. The van der Waals surface area contributed by atoms with Crippen LogP contribution in [0.3, 0.4) is 0 Å². The first-order valence-electron chi connectivity index (χ1n) is 6.90. The molecule has 0 fully saturated rings. The van der Waals surface area contributed by atoms with Gasteiger partial charge in [-0.3, -0.25) is 10.0 Å². The Morgan fingerprint density at radius 1 is 1.13 bits per heavy atom. The summed E-state index contributed by atoms with van der Waals surface area (Å²) in [5.74, 6) is -0.233. The van der Waals surface area contributed by atoms with E-state index in [2.05, 4.69) is 5.16 Å². The number of phenolic OH excluding ortho intramolecular Hbond substituents is 1. The molecule has 0 aliphatic rings. The molecule has 3 aromatic rings. The number of nitrogens with one attached hydrogen (secondary N) is 1. The van der Waals surface area contributed by atoms with E-state index in [1.165, 1.54) is 6.20 Å². The lowest BCUT2D eigenvalue weighted by Gasteiger charge is -2.08. The van der Waals surface area contributed by atoms with Gasteiger partial charge in [0.15, 0.2) is 5.76 Å². The molecule has 1 heterocycles. The number of aryl methyl sites for hydroxylation is 1. The number of aromatic hydroxyl groups is 1. The number of nitrogens with zero attached hydrogens (tertiary/aromatic N) is 1. The zero-order valence-corrected chi connectivity index (χ0v) is 12.3. The molecule has 0 atom stereocenters. The van der Waals surface area contributed by atoms with Crippen molar-refractivity contribution in [3.8, 4) is 28.2 Å². The van der Waals surface area contributed by atoms with Crippen LogP contribution in [0.5, 0.6) is 5.75 Å². The predicted molar refractivity (Wildman–Crippen MR) is 83.0 cm³/mol. The van der Waals surface area contributed by atoms with Gasteiger partial charge in [0.25, 0.3) is 5.91 Å². The lowest BCUT2D eigenvalue weighted by Crippen LogP contribution is -2.19. The van der Waals surface area contributed by atoms with Crippen molar-refractivity contribution in [3.05, 3.63) is 59.8 Å². The molecule has 6 nitrogen and oxygen atoms in total. The first-order valence-corrected chi connectivity index (χ1v) is 6.90. The maximum atomic E-state index is 11.8.